The first-order valence-corrected chi connectivity index (χ1v) is 15.6. The van der Waals surface area contributed by atoms with Gasteiger partial charge in [-0.05, 0) is 24.1 Å². The standard InChI is InChI=1S/C24H40O7SSi/c1-22-8-10-23(11-9-22)32(25,26)31-20-19-30-18-17-29-16-15-28-14-13-27-12-7-21-33(5,6)24(2,3)4/h8-11H,12-20H2,1-6H3. The van der Waals surface area contributed by atoms with E-state index in [0.717, 1.165) is 5.56 Å². The summed E-state index contributed by atoms with van der Waals surface area (Å²) in [7, 11) is -5.32. The molecule has 0 amide bonds. The average molecular weight is 501 g/mol. The lowest BCUT2D eigenvalue weighted by atomic mass is 10.2. The van der Waals surface area contributed by atoms with Gasteiger partial charge in [-0.1, -0.05) is 57.5 Å². The largest absolute Gasteiger partial charge is 0.377 e. The van der Waals surface area contributed by atoms with Crippen molar-refractivity contribution in [2.45, 2.75) is 50.7 Å². The summed E-state index contributed by atoms with van der Waals surface area (Å²) in [5.41, 5.74) is 4.40. The predicted octanol–water partition coefficient (Wildman–Crippen LogP) is 3.82. The number of hydrogen-bond donors (Lipinski definition) is 0. The van der Waals surface area contributed by atoms with E-state index in [1.54, 1.807) is 12.1 Å². The molecule has 0 saturated heterocycles. The smallest absolute Gasteiger partial charge is 0.297 e. The van der Waals surface area contributed by atoms with Crippen molar-refractivity contribution in [3.63, 3.8) is 0 Å². The van der Waals surface area contributed by atoms with Crippen LogP contribution in [-0.2, 0) is 33.2 Å². The Bertz CT molecular complexity index is 834. The van der Waals surface area contributed by atoms with Gasteiger partial charge in [-0.3, -0.25) is 4.18 Å². The second kappa shape index (κ2) is 14.9. The number of hydrogen-bond acceptors (Lipinski definition) is 7. The molecule has 0 saturated carbocycles. The maximum Gasteiger partial charge on any atom is 0.297 e. The van der Waals surface area contributed by atoms with Crippen molar-refractivity contribution in [2.75, 3.05) is 59.5 Å². The fraction of sp³-hybridized carbons (Fsp3) is 0.667. The quantitative estimate of drug-likeness (QED) is 0.157. The molecular weight excluding hydrogens is 460 g/mol. The van der Waals surface area contributed by atoms with Crippen LogP contribution >= 0.6 is 0 Å². The first-order chi connectivity index (χ1) is 15.5. The van der Waals surface area contributed by atoms with E-state index in [0.29, 0.717) is 46.2 Å². The summed E-state index contributed by atoms with van der Waals surface area (Å²) in [6, 6.07) is 6.51. The molecule has 0 atom stereocenters. The average Bonchev–Trinajstić information content (AvgIpc) is 2.72. The van der Waals surface area contributed by atoms with Crippen LogP contribution in [0, 0.1) is 18.4 Å². The highest BCUT2D eigenvalue weighted by molar-refractivity contribution is 7.86. The van der Waals surface area contributed by atoms with E-state index in [2.05, 4.69) is 45.3 Å². The molecule has 0 fully saturated rings. The highest BCUT2D eigenvalue weighted by Gasteiger charge is 2.33. The van der Waals surface area contributed by atoms with Gasteiger partial charge < -0.3 is 18.9 Å². The number of aryl methyl sites for hydroxylation is 1. The Morgan fingerprint density at radius 3 is 1.73 bits per heavy atom. The number of rotatable bonds is 15. The molecule has 0 radical (unpaired) electrons. The lowest BCUT2D eigenvalue weighted by Crippen LogP contribution is -2.35. The Labute approximate surface area is 201 Å². The van der Waals surface area contributed by atoms with Crippen LogP contribution < -0.4 is 0 Å². The van der Waals surface area contributed by atoms with Gasteiger partial charge in [0.25, 0.3) is 10.1 Å². The van der Waals surface area contributed by atoms with E-state index in [-0.39, 0.29) is 23.1 Å². The highest BCUT2D eigenvalue weighted by atomic mass is 32.2. The van der Waals surface area contributed by atoms with Gasteiger partial charge in [0, 0.05) is 0 Å². The molecule has 1 rings (SSSR count). The molecular formula is C24H40O7SSi. The van der Waals surface area contributed by atoms with Gasteiger partial charge in [0.2, 0.25) is 0 Å². The molecule has 0 aliphatic carbocycles. The molecule has 7 nitrogen and oxygen atoms in total. The normalized spacial score (nSPS) is 12.4. The first-order valence-electron chi connectivity index (χ1n) is 11.2. The van der Waals surface area contributed by atoms with E-state index in [1.165, 1.54) is 12.1 Å². The summed E-state index contributed by atoms with van der Waals surface area (Å²) in [4.78, 5) is 0.140. The summed E-state index contributed by atoms with van der Waals surface area (Å²) in [5, 5.41) is 0.254. The molecule has 0 N–H and O–H groups in total. The maximum atomic E-state index is 12.0. The van der Waals surface area contributed by atoms with Crippen molar-refractivity contribution >= 4 is 18.2 Å². The topological polar surface area (TPSA) is 80.3 Å². The predicted molar refractivity (Wildman–Crippen MR) is 133 cm³/mol. The molecule has 0 aromatic heterocycles. The Balaban J connectivity index is 1.94. The van der Waals surface area contributed by atoms with Crippen molar-refractivity contribution in [3.05, 3.63) is 29.8 Å². The number of benzene rings is 1. The molecule has 0 spiro atoms. The van der Waals surface area contributed by atoms with Gasteiger partial charge in [-0.15, -0.1) is 5.54 Å². The molecule has 9 heteroatoms. The third kappa shape index (κ3) is 12.7. The van der Waals surface area contributed by atoms with Crippen molar-refractivity contribution < 1.29 is 31.5 Å². The Morgan fingerprint density at radius 1 is 0.788 bits per heavy atom. The van der Waals surface area contributed by atoms with E-state index >= 15 is 0 Å². The highest BCUT2D eigenvalue weighted by Crippen LogP contribution is 2.35. The second-order valence-corrected chi connectivity index (χ2v) is 15.8. The van der Waals surface area contributed by atoms with Gasteiger partial charge in [0.15, 0.2) is 0 Å². The van der Waals surface area contributed by atoms with E-state index in [4.69, 9.17) is 23.1 Å². The van der Waals surface area contributed by atoms with Crippen LogP contribution in [0.5, 0.6) is 0 Å². The molecule has 0 bridgehead atoms. The minimum absolute atomic E-state index is 0.0421. The Hall–Kier alpha value is -1.25. The first kappa shape index (κ1) is 29.8. The summed E-state index contributed by atoms with van der Waals surface area (Å²) < 4.78 is 50.7. The van der Waals surface area contributed by atoms with Crippen LogP contribution in [0.4, 0.5) is 0 Å². The Kier molecular flexibility index (Phi) is 13.4. The fourth-order valence-corrected chi connectivity index (χ4v) is 3.99. The zero-order valence-corrected chi connectivity index (χ0v) is 22.8. The van der Waals surface area contributed by atoms with Crippen LogP contribution in [0.15, 0.2) is 29.2 Å². The molecule has 33 heavy (non-hydrogen) atoms. The Morgan fingerprint density at radius 2 is 1.24 bits per heavy atom. The molecule has 1 aromatic rings. The van der Waals surface area contributed by atoms with Crippen LogP contribution in [0.2, 0.25) is 18.1 Å². The van der Waals surface area contributed by atoms with Gasteiger partial charge in [-0.2, -0.15) is 8.42 Å². The van der Waals surface area contributed by atoms with Gasteiger partial charge in [0.1, 0.15) is 14.7 Å². The molecule has 0 heterocycles. The monoisotopic (exact) mass is 500 g/mol. The molecule has 1 aromatic carbocycles. The zero-order chi connectivity index (χ0) is 24.8. The van der Waals surface area contributed by atoms with Crippen molar-refractivity contribution in [1.82, 2.24) is 0 Å². The van der Waals surface area contributed by atoms with Crippen LogP contribution in [0.25, 0.3) is 0 Å². The van der Waals surface area contributed by atoms with E-state index in [1.807, 2.05) is 6.92 Å². The minimum Gasteiger partial charge on any atom is -0.377 e. The lowest BCUT2D eigenvalue weighted by molar-refractivity contribution is -0.00165. The van der Waals surface area contributed by atoms with Crippen molar-refractivity contribution in [1.29, 1.82) is 0 Å². The number of ether oxygens (including phenoxy) is 4. The molecule has 0 aliphatic heterocycles. The van der Waals surface area contributed by atoms with Crippen LogP contribution in [0.3, 0.4) is 0 Å². The maximum absolute atomic E-state index is 12.0. The molecule has 0 unspecified atom stereocenters. The molecule has 0 aliphatic rings. The van der Waals surface area contributed by atoms with E-state index in [9.17, 15) is 8.42 Å². The minimum atomic E-state index is -3.75. The third-order valence-corrected chi connectivity index (χ3v) is 11.2. The third-order valence-electron chi connectivity index (χ3n) is 5.34. The van der Waals surface area contributed by atoms with Gasteiger partial charge >= 0.3 is 0 Å². The summed E-state index contributed by atoms with van der Waals surface area (Å²) >= 11 is 0. The fourth-order valence-electron chi connectivity index (χ4n) is 2.20. The molecule has 188 valence electrons. The SMILES string of the molecule is Cc1ccc(S(=O)(=O)OCCOCCOCCOCCOCC#C[Si](C)(C)C(C)(C)C)cc1. The van der Waals surface area contributed by atoms with Crippen molar-refractivity contribution in [2.24, 2.45) is 0 Å². The summed E-state index contributed by atoms with van der Waals surface area (Å²) in [5.74, 6) is 3.14. The second-order valence-electron chi connectivity index (χ2n) is 9.16. The van der Waals surface area contributed by atoms with Crippen LogP contribution in [-0.4, -0.2) is 76.0 Å². The van der Waals surface area contributed by atoms with Gasteiger partial charge in [-0.25, -0.2) is 0 Å². The zero-order valence-electron chi connectivity index (χ0n) is 20.9. The summed E-state index contributed by atoms with van der Waals surface area (Å²) in [6.45, 7) is 16.4. The van der Waals surface area contributed by atoms with Crippen LogP contribution in [0.1, 0.15) is 26.3 Å². The van der Waals surface area contributed by atoms with Gasteiger partial charge in [0.05, 0.1) is 57.8 Å². The van der Waals surface area contributed by atoms with Crippen molar-refractivity contribution in [3.8, 4) is 11.5 Å². The lowest BCUT2D eigenvalue weighted by Gasteiger charge is -2.31. The van der Waals surface area contributed by atoms with E-state index < -0.39 is 18.2 Å². The summed E-state index contributed by atoms with van der Waals surface area (Å²) in [6.07, 6.45) is 0.